The number of carbonyl (C=O) groups is 2. The molecule has 1 aliphatic rings. The number of carboxylic acids is 1. The Morgan fingerprint density at radius 3 is 2.57 bits per heavy atom. The van der Waals surface area contributed by atoms with Crippen molar-refractivity contribution in [3.63, 3.8) is 0 Å². The summed E-state index contributed by atoms with van der Waals surface area (Å²) in [5.74, 6) is -1.24. The number of methoxy groups -OCH3 is 1. The lowest BCUT2D eigenvalue weighted by Gasteiger charge is -2.01. The van der Waals surface area contributed by atoms with E-state index >= 15 is 0 Å². The molecule has 0 saturated heterocycles. The molecule has 6 heteroatoms. The quantitative estimate of drug-likeness (QED) is 0.833. The topological polar surface area (TPSA) is 63.6 Å². The Kier molecular flexibility index (Phi) is 3.53. The van der Waals surface area contributed by atoms with Crippen LogP contribution < -0.4 is 4.74 Å². The summed E-state index contributed by atoms with van der Waals surface area (Å²) in [6, 6.07) is 5.62. The molecule has 0 radical (unpaired) electrons. The van der Waals surface area contributed by atoms with Crippen LogP contribution in [0.3, 0.4) is 0 Å². The van der Waals surface area contributed by atoms with Crippen LogP contribution in [0.2, 0.25) is 0 Å². The molecule has 0 spiro atoms. The van der Waals surface area contributed by atoms with Crippen molar-refractivity contribution in [2.45, 2.75) is 6.92 Å². The van der Waals surface area contributed by atoms with E-state index in [0.717, 1.165) is 14.6 Å². The Morgan fingerprint density at radius 2 is 2.00 bits per heavy atom. The van der Waals surface area contributed by atoms with Gasteiger partial charge in [-0.2, -0.15) is 0 Å². The molecule has 1 fully saturated rings. The smallest absolute Gasteiger partial charge is 0.307 e. The number of halogens is 1. The number of ketones is 1. The molecule has 1 aromatic carbocycles. The van der Waals surface area contributed by atoms with E-state index in [1.54, 1.807) is 7.11 Å². The lowest BCUT2D eigenvalue weighted by atomic mass is 10.1. The van der Waals surface area contributed by atoms with E-state index in [2.05, 4.69) is 15.9 Å². The van der Waals surface area contributed by atoms with Crippen LogP contribution in [0.5, 0.6) is 5.75 Å². The van der Waals surface area contributed by atoms with E-state index in [9.17, 15) is 9.59 Å². The highest BCUT2D eigenvalue weighted by molar-refractivity contribution is 9.10. The molecule has 21 heavy (non-hydrogen) atoms. The minimum Gasteiger partial charge on any atom is -0.496 e. The SMILES string of the molecule is COc1cc2sc(C(=O)C3C(C)C3C(=O)O)cc2cc1Br. The van der Waals surface area contributed by atoms with Crippen molar-refractivity contribution in [2.75, 3.05) is 7.11 Å². The van der Waals surface area contributed by atoms with Gasteiger partial charge in [-0.3, -0.25) is 9.59 Å². The van der Waals surface area contributed by atoms with E-state index in [1.165, 1.54) is 11.3 Å². The highest BCUT2D eigenvalue weighted by Gasteiger charge is 2.56. The number of aliphatic carboxylic acids is 1. The molecule has 110 valence electrons. The Balaban J connectivity index is 1.95. The van der Waals surface area contributed by atoms with Gasteiger partial charge in [-0.05, 0) is 45.4 Å². The van der Waals surface area contributed by atoms with Crippen LogP contribution in [0.15, 0.2) is 22.7 Å². The number of carbonyl (C=O) groups excluding carboxylic acids is 1. The molecule has 3 unspecified atom stereocenters. The fourth-order valence-electron chi connectivity index (χ4n) is 2.73. The van der Waals surface area contributed by atoms with Gasteiger partial charge < -0.3 is 9.84 Å². The molecule has 1 saturated carbocycles. The fraction of sp³-hybridized carbons (Fsp3) is 0.333. The van der Waals surface area contributed by atoms with Crippen molar-refractivity contribution < 1.29 is 19.4 Å². The standard InChI is InChI=1S/C15H13BrO4S/c1-6-12(13(6)15(18)19)14(17)11-4-7-3-8(16)9(20-2)5-10(7)21-11/h3-6,12-13H,1-2H3,(H,18,19). The summed E-state index contributed by atoms with van der Waals surface area (Å²) >= 11 is 4.80. The molecule has 4 nitrogen and oxygen atoms in total. The normalized spacial score (nSPS) is 24.0. The molecule has 2 aromatic rings. The van der Waals surface area contributed by atoms with Gasteiger partial charge in [-0.25, -0.2) is 0 Å². The Labute approximate surface area is 133 Å². The van der Waals surface area contributed by atoms with E-state index in [0.29, 0.717) is 10.6 Å². The van der Waals surface area contributed by atoms with Crippen molar-refractivity contribution in [2.24, 2.45) is 17.8 Å². The zero-order valence-electron chi connectivity index (χ0n) is 11.4. The fourth-order valence-corrected chi connectivity index (χ4v) is 4.31. The lowest BCUT2D eigenvalue weighted by molar-refractivity contribution is -0.139. The van der Waals surface area contributed by atoms with Crippen molar-refractivity contribution in [1.29, 1.82) is 0 Å². The number of rotatable bonds is 4. The molecule has 0 amide bonds. The van der Waals surface area contributed by atoms with Crippen LogP contribution in [0.1, 0.15) is 16.6 Å². The summed E-state index contributed by atoms with van der Waals surface area (Å²) in [5.41, 5.74) is 0. The number of ether oxygens (including phenoxy) is 1. The van der Waals surface area contributed by atoms with E-state index in [-0.39, 0.29) is 17.6 Å². The minimum atomic E-state index is -0.883. The van der Waals surface area contributed by atoms with Gasteiger partial charge in [0.25, 0.3) is 0 Å². The molecule has 1 aromatic heterocycles. The van der Waals surface area contributed by atoms with Crippen LogP contribution in [0, 0.1) is 17.8 Å². The molecule has 0 bridgehead atoms. The zero-order chi connectivity index (χ0) is 15.3. The van der Waals surface area contributed by atoms with Crippen LogP contribution in [-0.4, -0.2) is 24.0 Å². The summed E-state index contributed by atoms with van der Waals surface area (Å²) in [4.78, 5) is 24.1. The highest BCUT2D eigenvalue weighted by atomic mass is 79.9. The first-order valence-corrected chi connectivity index (χ1v) is 8.09. The van der Waals surface area contributed by atoms with Crippen LogP contribution >= 0.6 is 27.3 Å². The summed E-state index contributed by atoms with van der Waals surface area (Å²) < 4.78 is 7.03. The predicted molar refractivity (Wildman–Crippen MR) is 84.2 cm³/mol. The molecule has 0 aliphatic heterocycles. The van der Waals surface area contributed by atoms with Crippen molar-refractivity contribution >= 4 is 49.1 Å². The van der Waals surface area contributed by atoms with Gasteiger partial charge in [-0.1, -0.05) is 6.92 Å². The minimum absolute atomic E-state index is 0.0637. The van der Waals surface area contributed by atoms with Crippen molar-refractivity contribution in [3.8, 4) is 5.75 Å². The molecule has 3 rings (SSSR count). The zero-order valence-corrected chi connectivity index (χ0v) is 13.8. The number of benzene rings is 1. The second kappa shape index (κ2) is 5.10. The molecule has 1 heterocycles. The number of hydrogen-bond acceptors (Lipinski definition) is 4. The second-order valence-corrected chi connectivity index (χ2v) is 7.19. The van der Waals surface area contributed by atoms with Gasteiger partial charge in [0.1, 0.15) is 5.75 Å². The lowest BCUT2D eigenvalue weighted by Crippen LogP contribution is -2.06. The van der Waals surface area contributed by atoms with Crippen molar-refractivity contribution in [3.05, 3.63) is 27.5 Å². The third-order valence-electron chi connectivity index (χ3n) is 4.00. The van der Waals surface area contributed by atoms with Crippen molar-refractivity contribution in [1.82, 2.24) is 0 Å². The average Bonchev–Trinajstić information content (AvgIpc) is 2.93. The molecule has 3 atom stereocenters. The summed E-state index contributed by atoms with van der Waals surface area (Å²) in [6.45, 7) is 1.81. The van der Waals surface area contributed by atoms with Gasteiger partial charge in [0.05, 0.1) is 22.4 Å². The molecule has 1 aliphatic carbocycles. The van der Waals surface area contributed by atoms with E-state index in [4.69, 9.17) is 9.84 Å². The maximum absolute atomic E-state index is 12.4. The van der Waals surface area contributed by atoms with Crippen LogP contribution in [0.4, 0.5) is 0 Å². The molecular weight excluding hydrogens is 356 g/mol. The first-order chi connectivity index (χ1) is 9.93. The van der Waals surface area contributed by atoms with E-state index in [1.807, 2.05) is 25.1 Å². The number of carboxylic acid groups (broad SMARTS) is 1. The van der Waals surface area contributed by atoms with Gasteiger partial charge in [0.2, 0.25) is 0 Å². The third kappa shape index (κ3) is 2.36. The number of hydrogen-bond donors (Lipinski definition) is 1. The van der Waals surface area contributed by atoms with Gasteiger partial charge in [-0.15, -0.1) is 11.3 Å². The molecular formula is C15H13BrO4S. The van der Waals surface area contributed by atoms with Crippen LogP contribution in [0.25, 0.3) is 10.1 Å². The number of thiophene rings is 1. The predicted octanol–water partition coefficient (Wildman–Crippen LogP) is 3.82. The first-order valence-electron chi connectivity index (χ1n) is 6.48. The maximum Gasteiger partial charge on any atom is 0.307 e. The maximum atomic E-state index is 12.4. The second-order valence-electron chi connectivity index (χ2n) is 5.25. The highest BCUT2D eigenvalue weighted by Crippen LogP contribution is 2.49. The Morgan fingerprint density at radius 1 is 1.29 bits per heavy atom. The van der Waals surface area contributed by atoms with Gasteiger partial charge in [0, 0.05) is 10.6 Å². The van der Waals surface area contributed by atoms with Gasteiger partial charge >= 0.3 is 5.97 Å². The first kappa shape index (κ1) is 14.5. The third-order valence-corrected chi connectivity index (χ3v) is 5.73. The average molecular weight is 369 g/mol. The van der Waals surface area contributed by atoms with Crippen LogP contribution in [-0.2, 0) is 4.79 Å². The number of fused-ring (bicyclic) bond motifs is 1. The largest absolute Gasteiger partial charge is 0.496 e. The number of Topliss-reactive ketones (excluding diaryl/α,β-unsaturated/α-hetero) is 1. The van der Waals surface area contributed by atoms with Gasteiger partial charge in [0.15, 0.2) is 5.78 Å². The van der Waals surface area contributed by atoms with E-state index < -0.39 is 11.9 Å². The Hall–Kier alpha value is -1.40. The summed E-state index contributed by atoms with van der Waals surface area (Å²) in [5, 5.41) is 10.0. The summed E-state index contributed by atoms with van der Waals surface area (Å²) in [6.07, 6.45) is 0. The summed E-state index contributed by atoms with van der Waals surface area (Å²) in [7, 11) is 1.59. The Bertz CT molecular complexity index is 751. The molecule has 1 N–H and O–H groups in total. The monoisotopic (exact) mass is 368 g/mol.